The summed E-state index contributed by atoms with van der Waals surface area (Å²) in [5.41, 5.74) is 11.0. The van der Waals surface area contributed by atoms with Gasteiger partial charge in [0, 0.05) is 60.1 Å². The van der Waals surface area contributed by atoms with E-state index in [1.54, 1.807) is 0 Å². The van der Waals surface area contributed by atoms with Crippen LogP contribution in [0.4, 0.5) is 0 Å². The molecule has 5 aromatic heterocycles. The van der Waals surface area contributed by atoms with E-state index in [0.29, 0.717) is 0 Å². The minimum Gasteiger partial charge on any atom is -0.456 e. The maximum Gasteiger partial charge on any atom is 0.165 e. The first-order chi connectivity index (χ1) is 26.3. The number of aromatic nitrogens is 4. The molecule has 0 N–H and O–H groups in total. The molecule has 5 heteroatoms. The number of para-hydroxylation sites is 3. The first kappa shape index (κ1) is 27.5. The molecule has 8 aromatic carbocycles. The van der Waals surface area contributed by atoms with Crippen molar-refractivity contribution in [1.82, 2.24) is 18.9 Å². The molecule has 0 aliphatic rings. The van der Waals surface area contributed by atoms with Crippen LogP contribution in [0, 0.1) is 0 Å². The summed E-state index contributed by atoms with van der Waals surface area (Å²) in [5, 5.41) is 11.7. The maximum absolute atomic E-state index is 6.77. The molecule has 244 valence electrons. The van der Waals surface area contributed by atoms with E-state index in [-0.39, 0.29) is 0 Å². The van der Waals surface area contributed by atoms with Crippen molar-refractivity contribution in [3.8, 4) is 17.1 Å². The fraction of sp³-hybridized carbons (Fsp3) is 0. The predicted octanol–water partition coefficient (Wildman–Crippen LogP) is 12.6. The van der Waals surface area contributed by atoms with Gasteiger partial charge in [-0.2, -0.15) is 0 Å². The monoisotopic (exact) mass is 674 g/mol. The van der Waals surface area contributed by atoms with Crippen LogP contribution in [-0.2, 0) is 0 Å². The van der Waals surface area contributed by atoms with Crippen molar-refractivity contribution in [2.24, 2.45) is 0 Å². The molecule has 0 amide bonds. The molecule has 0 aliphatic heterocycles. The molecule has 0 spiro atoms. The van der Waals surface area contributed by atoms with Crippen LogP contribution in [0.5, 0.6) is 0 Å². The maximum atomic E-state index is 6.77. The van der Waals surface area contributed by atoms with Crippen molar-refractivity contribution in [1.29, 1.82) is 0 Å². The second-order valence-corrected chi connectivity index (χ2v) is 14.1. The average Bonchev–Trinajstić information content (AvgIpc) is 3.84. The largest absolute Gasteiger partial charge is 0.456 e. The van der Waals surface area contributed by atoms with Gasteiger partial charge in [-0.15, -0.1) is 0 Å². The SMILES string of the molecule is c1ccc(-c2nc3c(ccc4ccccc43)nc2-n2c3cc4oc5ccccc5c4c4c5cccc6c7ccccc7n(c7cccc2c7c43)c65)cc1. The number of furan rings is 1. The molecule has 0 saturated carbocycles. The molecule has 13 rings (SSSR count). The first-order valence-corrected chi connectivity index (χ1v) is 18.0. The lowest BCUT2D eigenvalue weighted by Crippen LogP contribution is -2.04. The predicted molar refractivity (Wildman–Crippen MR) is 219 cm³/mol. The summed E-state index contributed by atoms with van der Waals surface area (Å²) in [7, 11) is 0. The quantitative estimate of drug-likeness (QED) is 0.172. The van der Waals surface area contributed by atoms with Crippen molar-refractivity contribution < 1.29 is 4.42 Å². The summed E-state index contributed by atoms with van der Waals surface area (Å²) in [6, 6.07) is 56.1. The molecular weight excluding hydrogens is 649 g/mol. The summed E-state index contributed by atoms with van der Waals surface area (Å²) in [6.07, 6.45) is 0. The van der Waals surface area contributed by atoms with Crippen LogP contribution in [0.15, 0.2) is 162 Å². The zero-order valence-electron chi connectivity index (χ0n) is 28.2. The van der Waals surface area contributed by atoms with Crippen LogP contribution in [0.25, 0.3) is 121 Å². The van der Waals surface area contributed by atoms with Gasteiger partial charge in [0.05, 0.1) is 38.6 Å². The van der Waals surface area contributed by atoms with Gasteiger partial charge in [-0.1, -0.05) is 121 Å². The Kier molecular flexibility index (Phi) is 5.06. The third-order valence-corrected chi connectivity index (χ3v) is 11.4. The summed E-state index contributed by atoms with van der Waals surface area (Å²) in [4.78, 5) is 11.1. The molecule has 53 heavy (non-hydrogen) atoms. The van der Waals surface area contributed by atoms with Gasteiger partial charge in [-0.3, -0.25) is 4.57 Å². The molecule has 0 radical (unpaired) electrons. The number of hydrogen-bond acceptors (Lipinski definition) is 3. The fourth-order valence-electron chi connectivity index (χ4n) is 9.28. The van der Waals surface area contributed by atoms with Gasteiger partial charge in [-0.25, -0.2) is 9.97 Å². The summed E-state index contributed by atoms with van der Waals surface area (Å²) < 4.78 is 11.6. The minimum atomic E-state index is 0.786. The Morgan fingerprint density at radius 3 is 2.08 bits per heavy atom. The summed E-state index contributed by atoms with van der Waals surface area (Å²) in [5.74, 6) is 0.786. The Morgan fingerprint density at radius 2 is 1.15 bits per heavy atom. The Balaban J connectivity index is 1.33. The van der Waals surface area contributed by atoms with E-state index in [4.69, 9.17) is 14.4 Å². The lowest BCUT2D eigenvalue weighted by atomic mass is 9.99. The number of rotatable bonds is 2. The van der Waals surface area contributed by atoms with Crippen LogP contribution in [0.1, 0.15) is 0 Å². The second-order valence-electron chi connectivity index (χ2n) is 14.1. The minimum absolute atomic E-state index is 0.786. The van der Waals surface area contributed by atoms with Crippen LogP contribution < -0.4 is 0 Å². The van der Waals surface area contributed by atoms with E-state index in [9.17, 15) is 0 Å². The highest BCUT2D eigenvalue weighted by atomic mass is 16.3. The first-order valence-electron chi connectivity index (χ1n) is 18.0. The van der Waals surface area contributed by atoms with Gasteiger partial charge >= 0.3 is 0 Å². The number of benzene rings is 8. The lowest BCUT2D eigenvalue weighted by Gasteiger charge is -2.15. The van der Waals surface area contributed by atoms with Gasteiger partial charge in [0.2, 0.25) is 0 Å². The zero-order chi connectivity index (χ0) is 34.4. The Labute approximate surface area is 300 Å². The number of nitrogens with zero attached hydrogens (tertiary/aromatic N) is 4. The lowest BCUT2D eigenvalue weighted by molar-refractivity contribution is 0.669. The molecule has 0 saturated heterocycles. The van der Waals surface area contributed by atoms with Gasteiger partial charge in [-0.05, 0) is 35.7 Å². The average molecular weight is 675 g/mol. The fourth-order valence-corrected chi connectivity index (χ4v) is 9.28. The van der Waals surface area contributed by atoms with Gasteiger partial charge in [0.25, 0.3) is 0 Å². The van der Waals surface area contributed by atoms with E-state index in [0.717, 1.165) is 77.4 Å². The van der Waals surface area contributed by atoms with Crippen molar-refractivity contribution in [2.45, 2.75) is 0 Å². The number of fused-ring (bicyclic) bond motifs is 12. The van der Waals surface area contributed by atoms with Crippen molar-refractivity contribution in [3.63, 3.8) is 0 Å². The Morgan fingerprint density at radius 1 is 0.434 bits per heavy atom. The molecule has 13 aromatic rings. The van der Waals surface area contributed by atoms with Crippen molar-refractivity contribution in [3.05, 3.63) is 158 Å². The standard InChI is InChI=1S/C48H26N4O/c1-2-13-28(14-3-1)45-48(49-34-25-24-27-12-4-5-15-29(27)46(34)50-45)52-37-22-11-21-36-43(37)44-38(52)26-40-41(32-17-7-9-23-39(32)53-40)42(44)33-19-10-18-31-30-16-6-8-20-35(30)51(36)47(31)33/h1-26H. The third-order valence-electron chi connectivity index (χ3n) is 11.4. The Hall–Kier alpha value is -7.24. The smallest absolute Gasteiger partial charge is 0.165 e. The van der Waals surface area contributed by atoms with Crippen LogP contribution >= 0.6 is 0 Å². The van der Waals surface area contributed by atoms with Gasteiger partial charge in [0.1, 0.15) is 16.9 Å². The molecule has 0 bridgehead atoms. The van der Waals surface area contributed by atoms with E-state index in [1.807, 2.05) is 0 Å². The topological polar surface area (TPSA) is 48.3 Å². The number of hydrogen-bond donors (Lipinski definition) is 0. The van der Waals surface area contributed by atoms with Crippen molar-refractivity contribution >= 4 is 104 Å². The zero-order valence-corrected chi connectivity index (χ0v) is 28.2. The van der Waals surface area contributed by atoms with Crippen LogP contribution in [-0.4, -0.2) is 18.9 Å². The Bertz CT molecular complexity index is 3680. The molecular formula is C48H26N4O. The van der Waals surface area contributed by atoms with E-state index < -0.39 is 0 Å². The van der Waals surface area contributed by atoms with E-state index >= 15 is 0 Å². The van der Waals surface area contributed by atoms with E-state index in [1.165, 1.54) is 43.4 Å². The highest BCUT2D eigenvalue weighted by Crippen LogP contribution is 2.49. The summed E-state index contributed by atoms with van der Waals surface area (Å²) in [6.45, 7) is 0. The van der Waals surface area contributed by atoms with Gasteiger partial charge < -0.3 is 8.82 Å². The molecule has 0 unspecified atom stereocenters. The normalized spacial score (nSPS) is 12.5. The van der Waals surface area contributed by atoms with Crippen LogP contribution in [0.3, 0.4) is 0 Å². The van der Waals surface area contributed by atoms with Gasteiger partial charge in [0.15, 0.2) is 5.82 Å². The molecule has 5 nitrogen and oxygen atoms in total. The molecule has 0 atom stereocenters. The van der Waals surface area contributed by atoms with Crippen LogP contribution in [0.2, 0.25) is 0 Å². The van der Waals surface area contributed by atoms with E-state index in [2.05, 4.69) is 167 Å². The third kappa shape index (κ3) is 3.42. The molecule has 5 heterocycles. The second kappa shape index (κ2) is 9.75. The highest BCUT2D eigenvalue weighted by molar-refractivity contribution is 6.39. The molecule has 0 fully saturated rings. The van der Waals surface area contributed by atoms with Crippen molar-refractivity contribution in [2.75, 3.05) is 0 Å². The highest BCUT2D eigenvalue weighted by Gasteiger charge is 2.27. The molecule has 0 aliphatic carbocycles. The summed E-state index contributed by atoms with van der Waals surface area (Å²) >= 11 is 0.